The summed E-state index contributed by atoms with van der Waals surface area (Å²) in [7, 11) is 1.35. The minimum absolute atomic E-state index is 0.0995. The van der Waals surface area contributed by atoms with E-state index in [0.29, 0.717) is 6.54 Å². The number of methoxy groups -OCH3 is 1. The Morgan fingerprint density at radius 3 is 2.50 bits per heavy atom. The molecule has 0 fully saturated rings. The van der Waals surface area contributed by atoms with Crippen LogP contribution >= 0.6 is 0 Å². The fourth-order valence-corrected chi connectivity index (χ4v) is 1.11. The van der Waals surface area contributed by atoms with E-state index in [1.165, 1.54) is 12.0 Å². The van der Waals surface area contributed by atoms with Crippen molar-refractivity contribution in [1.29, 1.82) is 0 Å². The molecule has 7 nitrogen and oxygen atoms in total. The minimum atomic E-state index is -1.16. The SMILES string of the molecule is CCN(CCO)C(=O)NC(COC)C(=O)O. The van der Waals surface area contributed by atoms with Gasteiger partial charge in [-0.3, -0.25) is 0 Å². The lowest BCUT2D eigenvalue weighted by molar-refractivity contribution is -0.140. The third-order valence-electron chi connectivity index (χ3n) is 1.97. The number of hydrogen-bond acceptors (Lipinski definition) is 4. The summed E-state index contributed by atoms with van der Waals surface area (Å²) in [6.07, 6.45) is 0. The van der Waals surface area contributed by atoms with Crippen molar-refractivity contribution in [3.8, 4) is 0 Å². The van der Waals surface area contributed by atoms with Crippen LogP contribution in [0, 0.1) is 0 Å². The Morgan fingerprint density at radius 2 is 2.12 bits per heavy atom. The molecule has 0 bridgehead atoms. The van der Waals surface area contributed by atoms with Crippen molar-refractivity contribution in [3.05, 3.63) is 0 Å². The summed E-state index contributed by atoms with van der Waals surface area (Å²) >= 11 is 0. The van der Waals surface area contributed by atoms with Crippen LogP contribution in [0.3, 0.4) is 0 Å². The molecule has 3 N–H and O–H groups in total. The quantitative estimate of drug-likeness (QED) is 0.530. The Balaban J connectivity index is 4.31. The van der Waals surface area contributed by atoms with Gasteiger partial charge in [0.05, 0.1) is 13.2 Å². The van der Waals surface area contributed by atoms with Gasteiger partial charge in [0.25, 0.3) is 0 Å². The van der Waals surface area contributed by atoms with E-state index in [-0.39, 0.29) is 19.8 Å². The molecule has 94 valence electrons. The highest BCUT2D eigenvalue weighted by Crippen LogP contribution is 1.92. The molecule has 0 rings (SSSR count). The number of carboxylic acid groups (broad SMARTS) is 1. The molecular formula is C9H18N2O5. The van der Waals surface area contributed by atoms with Gasteiger partial charge < -0.3 is 25.2 Å². The molecule has 0 aliphatic rings. The fraction of sp³-hybridized carbons (Fsp3) is 0.778. The molecule has 0 radical (unpaired) electrons. The molecule has 0 aromatic heterocycles. The van der Waals surface area contributed by atoms with Crippen molar-refractivity contribution < 1.29 is 24.5 Å². The Morgan fingerprint density at radius 1 is 1.50 bits per heavy atom. The van der Waals surface area contributed by atoms with E-state index in [1.54, 1.807) is 6.92 Å². The number of amides is 2. The zero-order valence-electron chi connectivity index (χ0n) is 9.47. The number of likely N-dealkylation sites (N-methyl/N-ethyl adjacent to an activating group) is 1. The number of carbonyl (C=O) groups is 2. The predicted molar refractivity (Wildman–Crippen MR) is 56.2 cm³/mol. The fourth-order valence-electron chi connectivity index (χ4n) is 1.11. The number of nitrogens with zero attached hydrogens (tertiary/aromatic N) is 1. The van der Waals surface area contributed by atoms with E-state index in [1.807, 2.05) is 0 Å². The van der Waals surface area contributed by atoms with E-state index >= 15 is 0 Å². The van der Waals surface area contributed by atoms with Crippen LogP contribution in [0.2, 0.25) is 0 Å². The predicted octanol–water partition coefficient (Wildman–Crippen LogP) is -0.890. The summed E-state index contributed by atoms with van der Waals surface area (Å²) in [6, 6.07) is -1.61. The summed E-state index contributed by atoms with van der Waals surface area (Å²) in [5.41, 5.74) is 0. The number of rotatable bonds is 7. The molecule has 0 saturated carbocycles. The molecule has 7 heteroatoms. The van der Waals surface area contributed by atoms with Gasteiger partial charge in [0.2, 0.25) is 0 Å². The van der Waals surface area contributed by atoms with Gasteiger partial charge in [0, 0.05) is 20.2 Å². The van der Waals surface area contributed by atoms with Gasteiger partial charge in [0.1, 0.15) is 0 Å². The van der Waals surface area contributed by atoms with Crippen molar-refractivity contribution in [2.75, 3.05) is 33.4 Å². The monoisotopic (exact) mass is 234 g/mol. The smallest absolute Gasteiger partial charge is 0.328 e. The molecule has 0 heterocycles. The van der Waals surface area contributed by atoms with Crippen LogP contribution in [0.25, 0.3) is 0 Å². The average Bonchev–Trinajstić information content (AvgIpc) is 2.24. The normalized spacial score (nSPS) is 11.9. The summed E-state index contributed by atoms with van der Waals surface area (Å²) < 4.78 is 4.68. The third-order valence-corrected chi connectivity index (χ3v) is 1.97. The molecule has 2 amide bonds. The second kappa shape index (κ2) is 7.89. The maximum Gasteiger partial charge on any atom is 0.328 e. The van der Waals surface area contributed by atoms with Crippen LogP contribution in [0.5, 0.6) is 0 Å². The molecule has 0 aliphatic heterocycles. The van der Waals surface area contributed by atoms with E-state index in [0.717, 1.165) is 0 Å². The molecule has 1 atom stereocenters. The number of ether oxygens (including phenoxy) is 1. The highest BCUT2D eigenvalue weighted by atomic mass is 16.5. The lowest BCUT2D eigenvalue weighted by atomic mass is 10.3. The summed E-state index contributed by atoms with van der Waals surface area (Å²) in [4.78, 5) is 23.6. The zero-order chi connectivity index (χ0) is 12.6. The van der Waals surface area contributed by atoms with E-state index < -0.39 is 18.0 Å². The van der Waals surface area contributed by atoms with Crippen LogP contribution in [0.1, 0.15) is 6.92 Å². The molecule has 0 aromatic carbocycles. The largest absolute Gasteiger partial charge is 0.480 e. The zero-order valence-corrected chi connectivity index (χ0v) is 9.47. The van der Waals surface area contributed by atoms with Gasteiger partial charge in [-0.15, -0.1) is 0 Å². The Kier molecular flexibility index (Phi) is 7.23. The van der Waals surface area contributed by atoms with Gasteiger partial charge >= 0.3 is 12.0 Å². The summed E-state index contributed by atoms with van der Waals surface area (Å²) in [6.45, 7) is 2.04. The third kappa shape index (κ3) is 4.94. The van der Waals surface area contributed by atoms with Gasteiger partial charge in [-0.25, -0.2) is 9.59 Å². The average molecular weight is 234 g/mol. The van der Waals surface area contributed by atoms with Crippen LogP contribution in [-0.2, 0) is 9.53 Å². The Bertz CT molecular complexity index is 234. The molecule has 16 heavy (non-hydrogen) atoms. The van der Waals surface area contributed by atoms with Crippen LogP contribution in [-0.4, -0.2) is 66.6 Å². The first-order valence-corrected chi connectivity index (χ1v) is 4.94. The molecule has 0 spiro atoms. The van der Waals surface area contributed by atoms with Crippen LogP contribution in [0.15, 0.2) is 0 Å². The number of aliphatic carboxylic acids is 1. The van der Waals surface area contributed by atoms with Crippen molar-refractivity contribution >= 4 is 12.0 Å². The number of aliphatic hydroxyl groups is 1. The molecular weight excluding hydrogens is 216 g/mol. The number of carbonyl (C=O) groups excluding carboxylic acids is 1. The van der Waals surface area contributed by atoms with Gasteiger partial charge in [-0.2, -0.15) is 0 Å². The van der Waals surface area contributed by atoms with Crippen molar-refractivity contribution in [1.82, 2.24) is 10.2 Å². The van der Waals surface area contributed by atoms with Crippen molar-refractivity contribution in [2.45, 2.75) is 13.0 Å². The maximum atomic E-state index is 11.5. The topological polar surface area (TPSA) is 99.1 Å². The highest BCUT2D eigenvalue weighted by Gasteiger charge is 2.22. The number of urea groups is 1. The lowest BCUT2D eigenvalue weighted by Gasteiger charge is -2.22. The lowest BCUT2D eigenvalue weighted by Crippen LogP contribution is -2.50. The first-order chi connectivity index (χ1) is 7.56. The number of aliphatic hydroxyl groups excluding tert-OH is 1. The number of nitrogens with one attached hydrogen (secondary N) is 1. The molecule has 0 aliphatic carbocycles. The molecule has 0 saturated heterocycles. The molecule has 0 aromatic rings. The van der Waals surface area contributed by atoms with E-state index in [9.17, 15) is 9.59 Å². The first kappa shape index (κ1) is 14.7. The molecule has 1 unspecified atom stereocenters. The first-order valence-electron chi connectivity index (χ1n) is 4.94. The minimum Gasteiger partial charge on any atom is -0.480 e. The standard InChI is InChI=1S/C9H18N2O5/c1-3-11(4-5-12)9(15)10-7(6-16-2)8(13)14/h7,12H,3-6H2,1-2H3,(H,10,15)(H,13,14). The summed E-state index contributed by atoms with van der Waals surface area (Å²) in [5.74, 6) is -1.16. The number of carboxylic acids is 1. The van der Waals surface area contributed by atoms with Crippen LogP contribution < -0.4 is 5.32 Å². The van der Waals surface area contributed by atoms with Gasteiger partial charge in [-0.1, -0.05) is 0 Å². The van der Waals surface area contributed by atoms with E-state index in [2.05, 4.69) is 10.1 Å². The number of hydrogen-bond donors (Lipinski definition) is 3. The van der Waals surface area contributed by atoms with Crippen LogP contribution in [0.4, 0.5) is 4.79 Å². The van der Waals surface area contributed by atoms with Gasteiger partial charge in [0.15, 0.2) is 6.04 Å². The van der Waals surface area contributed by atoms with Crippen molar-refractivity contribution in [2.24, 2.45) is 0 Å². The highest BCUT2D eigenvalue weighted by molar-refractivity contribution is 5.82. The van der Waals surface area contributed by atoms with E-state index in [4.69, 9.17) is 10.2 Å². The van der Waals surface area contributed by atoms with Crippen molar-refractivity contribution in [3.63, 3.8) is 0 Å². The maximum absolute atomic E-state index is 11.5. The Labute approximate surface area is 94.0 Å². The second-order valence-corrected chi connectivity index (χ2v) is 3.10. The van der Waals surface area contributed by atoms with Gasteiger partial charge in [-0.05, 0) is 6.92 Å². The Hall–Kier alpha value is -1.34. The summed E-state index contributed by atoms with van der Waals surface area (Å²) in [5, 5.41) is 19.8. The second-order valence-electron chi connectivity index (χ2n) is 3.10.